The number of rotatable bonds is 5. The van der Waals surface area contributed by atoms with E-state index in [0.717, 1.165) is 0 Å². The molecule has 2 aromatic carbocycles. The molecule has 0 atom stereocenters. The second kappa shape index (κ2) is 6.68. The molecule has 0 heterocycles. The Morgan fingerprint density at radius 2 is 1.95 bits per heavy atom. The molecule has 0 spiro atoms. The van der Waals surface area contributed by atoms with Crippen LogP contribution in [0.1, 0.15) is 11.1 Å². The third kappa shape index (κ3) is 3.46. The predicted octanol–water partition coefficient (Wildman–Crippen LogP) is 3.92. The van der Waals surface area contributed by atoms with Crippen LogP contribution in [-0.2, 0) is 13.2 Å². The topological polar surface area (TPSA) is 21.3 Å². The summed E-state index contributed by atoms with van der Waals surface area (Å²) in [6.07, 6.45) is 0. The van der Waals surface area contributed by atoms with E-state index in [0.29, 0.717) is 23.4 Å². The fourth-order valence-electron chi connectivity index (χ4n) is 1.83. The second-order valence-corrected chi connectivity index (χ2v) is 4.66. The minimum Gasteiger partial charge on any atom is -0.489 e. The zero-order valence-corrected chi connectivity index (χ0v) is 11.7. The molecule has 0 aliphatic heterocycles. The van der Waals surface area contributed by atoms with Crippen LogP contribution in [0.25, 0.3) is 0 Å². The number of hydrogen-bond acceptors (Lipinski definition) is 2. The summed E-state index contributed by atoms with van der Waals surface area (Å²) in [4.78, 5) is 0. The molecule has 0 aliphatic carbocycles. The number of nitrogens with one attached hydrogen (secondary N) is 1. The van der Waals surface area contributed by atoms with Crippen LogP contribution in [0, 0.1) is 11.6 Å². The highest BCUT2D eigenvalue weighted by molar-refractivity contribution is 6.31. The Hall–Kier alpha value is -1.65. The lowest BCUT2D eigenvalue weighted by atomic mass is 10.2. The van der Waals surface area contributed by atoms with Gasteiger partial charge in [-0.3, -0.25) is 0 Å². The smallest absolute Gasteiger partial charge is 0.142 e. The second-order valence-electron chi connectivity index (χ2n) is 4.28. The van der Waals surface area contributed by atoms with Gasteiger partial charge in [-0.1, -0.05) is 23.7 Å². The Labute approximate surface area is 121 Å². The highest BCUT2D eigenvalue weighted by Gasteiger charge is 2.09. The summed E-state index contributed by atoms with van der Waals surface area (Å²) in [6.45, 7) is 0.600. The minimum absolute atomic E-state index is 0.0461. The molecule has 2 nitrogen and oxygen atoms in total. The van der Waals surface area contributed by atoms with Crippen molar-refractivity contribution >= 4 is 11.6 Å². The third-order valence-corrected chi connectivity index (χ3v) is 3.23. The lowest BCUT2D eigenvalue weighted by Gasteiger charge is -2.12. The first-order valence-electron chi connectivity index (χ1n) is 6.10. The van der Waals surface area contributed by atoms with Gasteiger partial charge in [0.25, 0.3) is 0 Å². The van der Waals surface area contributed by atoms with Gasteiger partial charge in [0.2, 0.25) is 0 Å². The van der Waals surface area contributed by atoms with E-state index in [1.165, 1.54) is 18.2 Å². The highest BCUT2D eigenvalue weighted by Crippen LogP contribution is 2.24. The molecule has 20 heavy (non-hydrogen) atoms. The minimum atomic E-state index is -0.484. The number of halogens is 3. The first-order chi connectivity index (χ1) is 9.61. The quantitative estimate of drug-likeness (QED) is 0.903. The number of hydrogen-bond donors (Lipinski definition) is 1. The van der Waals surface area contributed by atoms with Crippen molar-refractivity contribution < 1.29 is 13.5 Å². The molecule has 1 N–H and O–H groups in total. The molecule has 0 aromatic heterocycles. The van der Waals surface area contributed by atoms with Crippen LogP contribution in [0.4, 0.5) is 8.78 Å². The van der Waals surface area contributed by atoms with Gasteiger partial charge >= 0.3 is 0 Å². The van der Waals surface area contributed by atoms with E-state index in [9.17, 15) is 8.78 Å². The van der Waals surface area contributed by atoms with Crippen molar-refractivity contribution in [2.24, 2.45) is 0 Å². The van der Waals surface area contributed by atoms with E-state index < -0.39 is 5.82 Å². The molecule has 5 heteroatoms. The fourth-order valence-corrected chi connectivity index (χ4v) is 2.01. The van der Waals surface area contributed by atoms with Crippen LogP contribution in [0.15, 0.2) is 36.4 Å². The monoisotopic (exact) mass is 297 g/mol. The van der Waals surface area contributed by atoms with Gasteiger partial charge in [0, 0.05) is 17.7 Å². The average Bonchev–Trinajstić information content (AvgIpc) is 2.42. The number of ether oxygens (including phenoxy) is 1. The first-order valence-corrected chi connectivity index (χ1v) is 6.48. The Morgan fingerprint density at radius 1 is 1.15 bits per heavy atom. The molecule has 106 valence electrons. The maximum atomic E-state index is 13.3. The summed E-state index contributed by atoms with van der Waals surface area (Å²) >= 11 is 5.86. The Morgan fingerprint density at radius 3 is 2.70 bits per heavy atom. The van der Waals surface area contributed by atoms with Crippen molar-refractivity contribution in [1.29, 1.82) is 0 Å². The van der Waals surface area contributed by atoms with Crippen molar-refractivity contribution in [3.05, 3.63) is 64.2 Å². The van der Waals surface area contributed by atoms with Crippen LogP contribution in [-0.4, -0.2) is 7.05 Å². The van der Waals surface area contributed by atoms with Crippen molar-refractivity contribution in [3.63, 3.8) is 0 Å². The Balaban J connectivity index is 2.16. The zero-order valence-electron chi connectivity index (χ0n) is 10.9. The van der Waals surface area contributed by atoms with E-state index in [1.54, 1.807) is 25.2 Å². The van der Waals surface area contributed by atoms with Crippen molar-refractivity contribution in [2.75, 3.05) is 7.05 Å². The maximum absolute atomic E-state index is 13.3. The maximum Gasteiger partial charge on any atom is 0.142 e. The van der Waals surface area contributed by atoms with E-state index in [2.05, 4.69) is 5.32 Å². The van der Waals surface area contributed by atoms with Gasteiger partial charge in [0.05, 0.1) is 5.02 Å². The molecular weight excluding hydrogens is 284 g/mol. The summed E-state index contributed by atoms with van der Waals surface area (Å²) in [6, 6.07) is 8.82. The molecule has 0 fully saturated rings. The highest BCUT2D eigenvalue weighted by atomic mass is 35.5. The fraction of sp³-hybridized carbons (Fsp3) is 0.200. The summed E-state index contributed by atoms with van der Waals surface area (Å²) in [7, 11) is 1.76. The van der Waals surface area contributed by atoms with Gasteiger partial charge in [-0.15, -0.1) is 0 Å². The zero-order chi connectivity index (χ0) is 14.5. The van der Waals surface area contributed by atoms with Gasteiger partial charge in [-0.2, -0.15) is 0 Å². The largest absolute Gasteiger partial charge is 0.489 e. The molecule has 0 unspecified atom stereocenters. The van der Waals surface area contributed by atoms with Crippen molar-refractivity contribution in [1.82, 2.24) is 5.32 Å². The van der Waals surface area contributed by atoms with Crippen LogP contribution < -0.4 is 10.1 Å². The predicted molar refractivity (Wildman–Crippen MR) is 74.9 cm³/mol. The third-order valence-electron chi connectivity index (χ3n) is 2.80. The summed E-state index contributed by atoms with van der Waals surface area (Å²) in [5.74, 6) is -0.269. The summed E-state index contributed by atoms with van der Waals surface area (Å²) < 4.78 is 32.1. The Kier molecular flexibility index (Phi) is 4.93. The van der Waals surface area contributed by atoms with Gasteiger partial charge < -0.3 is 10.1 Å². The van der Waals surface area contributed by atoms with Crippen LogP contribution in [0.5, 0.6) is 5.75 Å². The average molecular weight is 298 g/mol. The van der Waals surface area contributed by atoms with E-state index >= 15 is 0 Å². The van der Waals surface area contributed by atoms with Crippen molar-refractivity contribution in [2.45, 2.75) is 13.2 Å². The van der Waals surface area contributed by atoms with E-state index in [4.69, 9.17) is 16.3 Å². The standard InChI is InChI=1S/C15H14ClF2NO/c1-19-8-11-7-12(17)5-6-14(11)20-9-10-3-2-4-13(18)15(10)16/h2-7,19H,8-9H2,1H3. The lowest BCUT2D eigenvalue weighted by molar-refractivity contribution is 0.301. The first kappa shape index (κ1) is 14.8. The van der Waals surface area contributed by atoms with Gasteiger partial charge in [-0.25, -0.2) is 8.78 Å². The molecular formula is C15H14ClF2NO. The van der Waals surface area contributed by atoms with Crippen LogP contribution in [0.3, 0.4) is 0 Å². The summed E-state index contributed by atoms with van der Waals surface area (Å²) in [5.41, 5.74) is 1.24. The SMILES string of the molecule is CNCc1cc(F)ccc1OCc1cccc(F)c1Cl. The van der Waals surface area contributed by atoms with Gasteiger partial charge in [0.15, 0.2) is 0 Å². The molecule has 0 aliphatic rings. The van der Waals surface area contributed by atoms with Crippen LogP contribution in [0.2, 0.25) is 5.02 Å². The summed E-state index contributed by atoms with van der Waals surface area (Å²) in [5, 5.41) is 2.98. The lowest BCUT2D eigenvalue weighted by Crippen LogP contribution is -2.08. The molecule has 0 saturated heterocycles. The van der Waals surface area contributed by atoms with Crippen molar-refractivity contribution in [3.8, 4) is 5.75 Å². The molecule has 0 radical (unpaired) electrons. The molecule has 0 saturated carbocycles. The van der Waals surface area contributed by atoms with Gasteiger partial charge in [0.1, 0.15) is 24.0 Å². The van der Waals surface area contributed by atoms with Gasteiger partial charge in [-0.05, 0) is 31.3 Å². The van der Waals surface area contributed by atoms with Crippen LogP contribution >= 0.6 is 11.6 Å². The number of benzene rings is 2. The molecule has 2 rings (SSSR count). The van der Waals surface area contributed by atoms with E-state index in [1.807, 2.05) is 0 Å². The Bertz CT molecular complexity index is 604. The van der Waals surface area contributed by atoms with E-state index in [-0.39, 0.29) is 17.4 Å². The molecule has 0 amide bonds. The molecule has 2 aromatic rings. The molecule has 0 bridgehead atoms. The normalized spacial score (nSPS) is 10.6.